The number of H-pyrrole nitrogens is 1. The topological polar surface area (TPSA) is 52.1 Å². The molecule has 20 heavy (non-hydrogen) atoms. The Labute approximate surface area is 117 Å². The lowest BCUT2D eigenvalue weighted by Crippen LogP contribution is -2.11. The molecule has 0 saturated heterocycles. The Morgan fingerprint density at radius 3 is 2.85 bits per heavy atom. The molecule has 2 N–H and O–H groups in total. The Balaban J connectivity index is 2.26. The minimum Gasteiger partial charge on any atom is -0.507 e. The van der Waals surface area contributed by atoms with Crippen molar-refractivity contribution in [3.63, 3.8) is 0 Å². The van der Waals surface area contributed by atoms with Crippen molar-refractivity contribution in [3.8, 4) is 16.9 Å². The fourth-order valence-electron chi connectivity index (χ4n) is 2.49. The van der Waals surface area contributed by atoms with Gasteiger partial charge >= 0.3 is 0 Å². The van der Waals surface area contributed by atoms with Crippen LogP contribution in [0.5, 0.6) is 5.75 Å². The molecule has 2 aromatic heterocycles. The summed E-state index contributed by atoms with van der Waals surface area (Å²) >= 11 is 0. The lowest BCUT2D eigenvalue weighted by atomic mass is 9.99. The van der Waals surface area contributed by atoms with Crippen LogP contribution in [0.2, 0.25) is 0 Å². The quantitative estimate of drug-likeness (QED) is 0.767. The van der Waals surface area contributed by atoms with E-state index in [2.05, 4.69) is 14.9 Å². The predicted molar refractivity (Wildman–Crippen MR) is 80.6 cm³/mol. The standard InChI is InChI=1S/C16H17N3O/c1-19(2)10-14-12-5-7-18-15(12)8-13(16(14)20)11-4-3-6-17-9-11/h3-9,18,20H,10H2,1-2H3. The van der Waals surface area contributed by atoms with Crippen LogP contribution in [-0.4, -0.2) is 34.1 Å². The number of phenolic OH excluding ortho intramolecular Hbond substituents is 1. The van der Waals surface area contributed by atoms with Gasteiger partial charge in [-0.05, 0) is 32.3 Å². The van der Waals surface area contributed by atoms with Crippen molar-refractivity contribution in [2.75, 3.05) is 14.1 Å². The zero-order chi connectivity index (χ0) is 14.1. The van der Waals surface area contributed by atoms with Crippen LogP contribution in [0.1, 0.15) is 5.56 Å². The second kappa shape index (κ2) is 4.98. The monoisotopic (exact) mass is 267 g/mol. The van der Waals surface area contributed by atoms with Gasteiger partial charge in [0, 0.05) is 52.7 Å². The van der Waals surface area contributed by atoms with Crippen molar-refractivity contribution in [1.29, 1.82) is 0 Å². The summed E-state index contributed by atoms with van der Waals surface area (Å²) in [6.07, 6.45) is 5.40. The number of aromatic hydroxyl groups is 1. The van der Waals surface area contributed by atoms with E-state index in [-0.39, 0.29) is 0 Å². The summed E-state index contributed by atoms with van der Waals surface area (Å²) < 4.78 is 0. The smallest absolute Gasteiger partial charge is 0.128 e. The van der Waals surface area contributed by atoms with E-state index in [4.69, 9.17) is 0 Å². The van der Waals surface area contributed by atoms with Crippen LogP contribution >= 0.6 is 0 Å². The number of rotatable bonds is 3. The van der Waals surface area contributed by atoms with Crippen LogP contribution in [0.4, 0.5) is 0 Å². The molecule has 0 saturated carbocycles. The van der Waals surface area contributed by atoms with Crippen molar-refractivity contribution >= 4 is 10.9 Å². The zero-order valence-electron chi connectivity index (χ0n) is 11.6. The fraction of sp³-hybridized carbons (Fsp3) is 0.188. The van der Waals surface area contributed by atoms with E-state index < -0.39 is 0 Å². The Bertz CT molecular complexity index is 732. The third kappa shape index (κ3) is 2.14. The molecule has 3 aromatic rings. The summed E-state index contributed by atoms with van der Waals surface area (Å²) in [5.41, 5.74) is 3.69. The average Bonchev–Trinajstić information content (AvgIpc) is 2.90. The first-order valence-electron chi connectivity index (χ1n) is 6.54. The maximum absolute atomic E-state index is 10.6. The lowest BCUT2D eigenvalue weighted by Gasteiger charge is -2.15. The molecule has 0 spiro atoms. The number of phenols is 1. The minimum atomic E-state index is 0.332. The van der Waals surface area contributed by atoms with Gasteiger partial charge in [-0.2, -0.15) is 0 Å². The van der Waals surface area contributed by atoms with Gasteiger partial charge in [0.1, 0.15) is 5.75 Å². The van der Waals surface area contributed by atoms with Crippen LogP contribution < -0.4 is 0 Å². The van der Waals surface area contributed by atoms with E-state index >= 15 is 0 Å². The highest BCUT2D eigenvalue weighted by atomic mass is 16.3. The van der Waals surface area contributed by atoms with Crippen LogP contribution in [0.15, 0.2) is 42.9 Å². The van der Waals surface area contributed by atoms with E-state index in [1.165, 1.54) is 0 Å². The SMILES string of the molecule is CN(C)Cc1c(O)c(-c2cccnc2)cc2[nH]ccc12. The number of pyridine rings is 1. The molecule has 1 aromatic carbocycles. The Kier molecular flexibility index (Phi) is 3.16. The summed E-state index contributed by atoms with van der Waals surface area (Å²) in [5.74, 6) is 0.332. The number of hydrogen-bond acceptors (Lipinski definition) is 3. The highest BCUT2D eigenvalue weighted by molar-refractivity contribution is 5.92. The molecule has 4 nitrogen and oxygen atoms in total. The van der Waals surface area contributed by atoms with Crippen LogP contribution in [0.25, 0.3) is 22.0 Å². The summed E-state index contributed by atoms with van der Waals surface area (Å²) in [4.78, 5) is 9.40. The van der Waals surface area contributed by atoms with Crippen molar-refractivity contribution in [3.05, 3.63) is 48.4 Å². The van der Waals surface area contributed by atoms with Gasteiger partial charge in [-0.15, -0.1) is 0 Å². The third-order valence-corrected chi connectivity index (χ3v) is 3.38. The van der Waals surface area contributed by atoms with Gasteiger partial charge < -0.3 is 15.0 Å². The second-order valence-corrected chi connectivity index (χ2v) is 5.17. The maximum Gasteiger partial charge on any atom is 0.128 e. The maximum atomic E-state index is 10.6. The third-order valence-electron chi connectivity index (χ3n) is 3.38. The number of nitrogens with one attached hydrogen (secondary N) is 1. The van der Waals surface area contributed by atoms with Gasteiger partial charge in [0.15, 0.2) is 0 Å². The number of aromatic nitrogens is 2. The average molecular weight is 267 g/mol. The van der Waals surface area contributed by atoms with E-state index in [0.717, 1.165) is 27.6 Å². The number of aromatic amines is 1. The molecule has 4 heteroatoms. The summed E-state index contributed by atoms with van der Waals surface area (Å²) in [6.45, 7) is 0.689. The highest BCUT2D eigenvalue weighted by Crippen LogP contribution is 2.37. The number of hydrogen-bond donors (Lipinski definition) is 2. The van der Waals surface area contributed by atoms with E-state index in [9.17, 15) is 5.11 Å². The van der Waals surface area contributed by atoms with Crippen LogP contribution in [0.3, 0.4) is 0 Å². The van der Waals surface area contributed by atoms with Gasteiger partial charge in [0.05, 0.1) is 0 Å². The van der Waals surface area contributed by atoms with E-state index in [1.807, 2.05) is 44.6 Å². The molecule has 0 aliphatic carbocycles. The van der Waals surface area contributed by atoms with Crippen LogP contribution in [-0.2, 0) is 6.54 Å². The molecular formula is C16H17N3O. The first-order chi connectivity index (χ1) is 9.66. The fourth-order valence-corrected chi connectivity index (χ4v) is 2.49. The molecule has 0 aliphatic heterocycles. The second-order valence-electron chi connectivity index (χ2n) is 5.17. The molecule has 3 rings (SSSR count). The predicted octanol–water partition coefficient (Wildman–Crippen LogP) is 3.00. The molecule has 0 fully saturated rings. The number of fused-ring (bicyclic) bond motifs is 1. The first kappa shape index (κ1) is 12.7. The van der Waals surface area contributed by atoms with Gasteiger partial charge in [-0.25, -0.2) is 0 Å². The van der Waals surface area contributed by atoms with E-state index in [0.29, 0.717) is 12.3 Å². The van der Waals surface area contributed by atoms with Crippen molar-refractivity contribution in [2.45, 2.75) is 6.54 Å². The molecule has 0 aliphatic rings. The molecule has 102 valence electrons. The van der Waals surface area contributed by atoms with Gasteiger partial charge in [-0.1, -0.05) is 6.07 Å². The molecule has 0 bridgehead atoms. The zero-order valence-corrected chi connectivity index (χ0v) is 11.6. The normalized spacial score (nSPS) is 11.3. The molecular weight excluding hydrogens is 250 g/mol. The largest absolute Gasteiger partial charge is 0.507 e. The Hall–Kier alpha value is -2.33. The van der Waals surface area contributed by atoms with Crippen molar-refractivity contribution in [1.82, 2.24) is 14.9 Å². The lowest BCUT2D eigenvalue weighted by molar-refractivity contribution is 0.388. The van der Waals surface area contributed by atoms with Gasteiger partial charge in [-0.3, -0.25) is 4.98 Å². The number of benzene rings is 1. The van der Waals surface area contributed by atoms with Gasteiger partial charge in [0.25, 0.3) is 0 Å². The van der Waals surface area contributed by atoms with Crippen LogP contribution in [0, 0.1) is 0 Å². The van der Waals surface area contributed by atoms with Crippen molar-refractivity contribution in [2.24, 2.45) is 0 Å². The van der Waals surface area contributed by atoms with E-state index in [1.54, 1.807) is 12.4 Å². The van der Waals surface area contributed by atoms with Crippen molar-refractivity contribution < 1.29 is 5.11 Å². The first-order valence-corrected chi connectivity index (χ1v) is 6.54. The Morgan fingerprint density at radius 2 is 2.15 bits per heavy atom. The molecule has 0 radical (unpaired) electrons. The molecule has 0 atom stereocenters. The summed E-state index contributed by atoms with van der Waals surface area (Å²) in [5, 5.41) is 11.7. The molecule has 0 unspecified atom stereocenters. The summed E-state index contributed by atoms with van der Waals surface area (Å²) in [6, 6.07) is 7.80. The molecule has 0 amide bonds. The molecule has 2 heterocycles. The number of nitrogens with zero attached hydrogens (tertiary/aromatic N) is 2. The summed E-state index contributed by atoms with van der Waals surface area (Å²) in [7, 11) is 3.99. The highest BCUT2D eigenvalue weighted by Gasteiger charge is 2.15. The Morgan fingerprint density at radius 1 is 1.30 bits per heavy atom. The van der Waals surface area contributed by atoms with Gasteiger partial charge in [0.2, 0.25) is 0 Å². The minimum absolute atomic E-state index is 0.332.